The van der Waals surface area contributed by atoms with E-state index in [-0.39, 0.29) is 14.9 Å². The second-order valence-electron chi connectivity index (χ2n) is 5.10. The average Bonchev–Trinajstić information content (AvgIpc) is 2.58. The zero-order valence-electron chi connectivity index (χ0n) is 12.4. The van der Waals surface area contributed by atoms with Crippen LogP contribution in [0.15, 0.2) is 77.7 Å². The number of sulfonamides is 1. The molecule has 0 amide bonds. The molecule has 0 aliphatic heterocycles. The van der Waals surface area contributed by atoms with Crippen molar-refractivity contribution in [2.75, 3.05) is 4.72 Å². The summed E-state index contributed by atoms with van der Waals surface area (Å²) in [6.45, 7) is 0. The molecule has 0 saturated carbocycles. The Kier molecular flexibility index (Phi) is 4.81. The van der Waals surface area contributed by atoms with Gasteiger partial charge in [-0.15, -0.1) is 0 Å². The molecule has 6 heteroatoms. The zero-order chi connectivity index (χ0) is 17.2. The van der Waals surface area contributed by atoms with E-state index in [0.717, 1.165) is 11.1 Å². The van der Waals surface area contributed by atoms with Crippen molar-refractivity contribution in [1.82, 2.24) is 0 Å². The van der Waals surface area contributed by atoms with Crippen LogP contribution in [0.5, 0.6) is 0 Å². The Balaban J connectivity index is 1.87. The summed E-state index contributed by atoms with van der Waals surface area (Å²) in [6.07, 6.45) is 0. The standard InChI is InChI=1S/C18H13Cl2NO2S/c19-16-7-4-8-17(18(16)20)24(22,23)21-15-11-9-14(10-12-15)13-5-2-1-3-6-13/h1-12,21H. The fourth-order valence-electron chi connectivity index (χ4n) is 2.26. The molecule has 0 aliphatic rings. The molecule has 0 radical (unpaired) electrons. The summed E-state index contributed by atoms with van der Waals surface area (Å²) in [4.78, 5) is -0.0520. The zero-order valence-corrected chi connectivity index (χ0v) is 14.7. The Morgan fingerprint density at radius 1 is 0.708 bits per heavy atom. The molecular weight excluding hydrogens is 365 g/mol. The topological polar surface area (TPSA) is 46.2 Å². The average molecular weight is 378 g/mol. The predicted molar refractivity (Wildman–Crippen MR) is 99.1 cm³/mol. The van der Waals surface area contributed by atoms with Gasteiger partial charge in [0.25, 0.3) is 10.0 Å². The van der Waals surface area contributed by atoms with Crippen molar-refractivity contribution in [2.24, 2.45) is 0 Å². The molecule has 3 aromatic carbocycles. The van der Waals surface area contributed by atoms with Gasteiger partial charge in [0.05, 0.1) is 10.0 Å². The molecular formula is C18H13Cl2NO2S. The maximum Gasteiger partial charge on any atom is 0.263 e. The van der Waals surface area contributed by atoms with Gasteiger partial charge in [0.1, 0.15) is 4.90 Å². The van der Waals surface area contributed by atoms with Gasteiger partial charge in [-0.25, -0.2) is 8.42 Å². The number of hydrogen-bond donors (Lipinski definition) is 1. The maximum atomic E-state index is 12.5. The molecule has 0 saturated heterocycles. The van der Waals surface area contributed by atoms with Gasteiger partial charge in [0.2, 0.25) is 0 Å². The molecule has 0 spiro atoms. The van der Waals surface area contributed by atoms with Crippen LogP contribution in [-0.4, -0.2) is 8.42 Å². The van der Waals surface area contributed by atoms with Gasteiger partial charge in [0, 0.05) is 5.69 Å². The monoisotopic (exact) mass is 377 g/mol. The van der Waals surface area contributed by atoms with Crippen LogP contribution in [0.2, 0.25) is 10.0 Å². The summed E-state index contributed by atoms with van der Waals surface area (Å²) in [7, 11) is -3.81. The lowest BCUT2D eigenvalue weighted by atomic mass is 10.1. The van der Waals surface area contributed by atoms with E-state index in [2.05, 4.69) is 4.72 Å². The molecule has 122 valence electrons. The molecule has 3 rings (SSSR count). The van der Waals surface area contributed by atoms with Crippen molar-refractivity contribution in [3.05, 3.63) is 82.8 Å². The Morgan fingerprint density at radius 2 is 1.33 bits per heavy atom. The molecule has 3 nitrogen and oxygen atoms in total. The normalized spacial score (nSPS) is 11.2. The summed E-state index contributed by atoms with van der Waals surface area (Å²) in [5.74, 6) is 0. The molecule has 0 bridgehead atoms. The first-order valence-corrected chi connectivity index (χ1v) is 9.33. The van der Waals surface area contributed by atoms with Gasteiger partial charge in [0.15, 0.2) is 0 Å². The van der Waals surface area contributed by atoms with Crippen LogP contribution in [0, 0.1) is 0 Å². The van der Waals surface area contributed by atoms with E-state index in [1.54, 1.807) is 18.2 Å². The second-order valence-corrected chi connectivity index (χ2v) is 7.54. The number of hydrogen-bond acceptors (Lipinski definition) is 2. The smallest absolute Gasteiger partial charge is 0.263 e. The van der Waals surface area contributed by atoms with Crippen molar-refractivity contribution in [3.63, 3.8) is 0 Å². The summed E-state index contributed by atoms with van der Waals surface area (Å²) in [6, 6.07) is 21.4. The first-order valence-electron chi connectivity index (χ1n) is 7.10. The van der Waals surface area contributed by atoms with Crippen LogP contribution in [0.1, 0.15) is 0 Å². The Bertz CT molecular complexity index is 956. The molecule has 0 aliphatic carbocycles. The van der Waals surface area contributed by atoms with Crippen LogP contribution in [0.3, 0.4) is 0 Å². The van der Waals surface area contributed by atoms with E-state index in [0.29, 0.717) is 5.69 Å². The number of rotatable bonds is 4. The third-order valence-corrected chi connectivity index (χ3v) is 5.80. The van der Waals surface area contributed by atoms with Gasteiger partial charge < -0.3 is 0 Å². The number of anilines is 1. The van der Waals surface area contributed by atoms with E-state index >= 15 is 0 Å². The quantitative estimate of drug-likeness (QED) is 0.655. The number of halogens is 2. The van der Waals surface area contributed by atoms with Crippen LogP contribution >= 0.6 is 23.2 Å². The first kappa shape index (κ1) is 16.8. The molecule has 3 aromatic rings. The van der Waals surface area contributed by atoms with Crippen molar-refractivity contribution < 1.29 is 8.42 Å². The molecule has 0 fully saturated rings. The fraction of sp³-hybridized carbons (Fsp3) is 0. The molecule has 0 atom stereocenters. The molecule has 0 aromatic heterocycles. The van der Waals surface area contributed by atoms with Gasteiger partial charge in [-0.2, -0.15) is 0 Å². The molecule has 24 heavy (non-hydrogen) atoms. The van der Waals surface area contributed by atoms with Crippen molar-refractivity contribution in [2.45, 2.75) is 4.90 Å². The van der Waals surface area contributed by atoms with E-state index in [1.807, 2.05) is 42.5 Å². The highest BCUT2D eigenvalue weighted by Gasteiger charge is 2.19. The second kappa shape index (κ2) is 6.85. The lowest BCUT2D eigenvalue weighted by molar-refractivity contribution is 0.601. The van der Waals surface area contributed by atoms with E-state index < -0.39 is 10.0 Å². The highest BCUT2D eigenvalue weighted by atomic mass is 35.5. The largest absolute Gasteiger partial charge is 0.280 e. The van der Waals surface area contributed by atoms with Crippen molar-refractivity contribution in [3.8, 4) is 11.1 Å². The Labute approximate surface area is 150 Å². The van der Waals surface area contributed by atoms with Gasteiger partial charge >= 0.3 is 0 Å². The van der Waals surface area contributed by atoms with Crippen LogP contribution in [0.25, 0.3) is 11.1 Å². The molecule has 1 N–H and O–H groups in total. The third-order valence-electron chi connectivity index (χ3n) is 3.45. The summed E-state index contributed by atoms with van der Waals surface area (Å²) >= 11 is 11.9. The van der Waals surface area contributed by atoms with Gasteiger partial charge in [-0.3, -0.25) is 4.72 Å². The highest BCUT2D eigenvalue weighted by Crippen LogP contribution is 2.30. The maximum absolute atomic E-state index is 12.5. The van der Waals surface area contributed by atoms with Crippen LogP contribution in [0.4, 0.5) is 5.69 Å². The number of nitrogens with one attached hydrogen (secondary N) is 1. The SMILES string of the molecule is O=S(=O)(Nc1ccc(-c2ccccc2)cc1)c1cccc(Cl)c1Cl. The Hall–Kier alpha value is -2.01. The predicted octanol–water partition coefficient (Wildman–Crippen LogP) is 5.46. The summed E-state index contributed by atoms with van der Waals surface area (Å²) in [5, 5.41) is 0.200. The minimum absolute atomic E-state index is 0.00701. The highest BCUT2D eigenvalue weighted by molar-refractivity contribution is 7.92. The van der Waals surface area contributed by atoms with Crippen LogP contribution in [-0.2, 0) is 10.0 Å². The van der Waals surface area contributed by atoms with E-state index in [4.69, 9.17) is 23.2 Å². The third kappa shape index (κ3) is 3.56. The minimum Gasteiger partial charge on any atom is -0.280 e. The van der Waals surface area contributed by atoms with Gasteiger partial charge in [-0.1, -0.05) is 71.7 Å². The van der Waals surface area contributed by atoms with Crippen LogP contribution < -0.4 is 4.72 Å². The fourth-order valence-corrected chi connectivity index (χ4v) is 4.08. The van der Waals surface area contributed by atoms with E-state index in [9.17, 15) is 8.42 Å². The first-order chi connectivity index (χ1) is 11.5. The lowest BCUT2D eigenvalue weighted by Crippen LogP contribution is -2.13. The Morgan fingerprint density at radius 3 is 2.00 bits per heavy atom. The minimum atomic E-state index is -3.81. The molecule has 0 unspecified atom stereocenters. The lowest BCUT2D eigenvalue weighted by Gasteiger charge is -2.11. The number of benzene rings is 3. The summed E-state index contributed by atoms with van der Waals surface area (Å²) in [5.41, 5.74) is 2.51. The van der Waals surface area contributed by atoms with Crippen molar-refractivity contribution in [1.29, 1.82) is 0 Å². The summed E-state index contributed by atoms with van der Waals surface area (Å²) < 4.78 is 27.5. The van der Waals surface area contributed by atoms with Gasteiger partial charge in [-0.05, 0) is 35.4 Å². The molecule has 0 heterocycles. The van der Waals surface area contributed by atoms with E-state index in [1.165, 1.54) is 12.1 Å². The van der Waals surface area contributed by atoms with Crippen molar-refractivity contribution >= 4 is 38.9 Å².